The number of rotatable bonds is 6. The van der Waals surface area contributed by atoms with E-state index in [0.29, 0.717) is 0 Å². The third-order valence-electron chi connectivity index (χ3n) is 3.97. The Bertz CT molecular complexity index is 369. The molecule has 0 aromatic carbocycles. The van der Waals surface area contributed by atoms with Crippen molar-refractivity contribution in [2.45, 2.75) is 51.2 Å². The summed E-state index contributed by atoms with van der Waals surface area (Å²) in [6.07, 6.45) is 6.68. The smallest absolute Gasteiger partial charge is 0.0891 e. The monoisotopic (exact) mass is 251 g/mol. The van der Waals surface area contributed by atoms with Crippen molar-refractivity contribution in [3.05, 3.63) is 18.0 Å². The maximum atomic E-state index is 6.18. The van der Waals surface area contributed by atoms with Gasteiger partial charge in [-0.1, -0.05) is 19.8 Å². The van der Waals surface area contributed by atoms with Crippen LogP contribution in [-0.2, 0) is 11.8 Å². The molecule has 1 aromatic rings. The molecular weight excluding hydrogens is 226 g/mol. The normalized spacial score (nSPS) is 20.2. The topological polar surface area (TPSA) is 39.1 Å². The Balaban J connectivity index is 2.30. The summed E-state index contributed by atoms with van der Waals surface area (Å²) in [5.41, 5.74) is 1.19. The number of likely N-dealkylation sites (N-methyl/N-ethyl adjacent to an activating group) is 1. The van der Waals surface area contributed by atoms with Crippen molar-refractivity contribution in [1.29, 1.82) is 0 Å². The number of aromatic nitrogens is 2. The standard InChI is InChI=1S/C14H25N3O/c1-4-15-13(12-8-11-16-17(12)3)14(18-5-2)9-6-7-10-14/h8,11,13,15H,4-7,9-10H2,1-3H3. The highest BCUT2D eigenvalue weighted by Gasteiger charge is 2.43. The van der Waals surface area contributed by atoms with Crippen LogP contribution in [0, 0.1) is 0 Å². The predicted molar refractivity (Wildman–Crippen MR) is 72.5 cm³/mol. The molecule has 18 heavy (non-hydrogen) atoms. The molecule has 1 N–H and O–H groups in total. The van der Waals surface area contributed by atoms with Crippen molar-refractivity contribution in [3.8, 4) is 0 Å². The molecule has 2 rings (SSSR count). The minimum atomic E-state index is -0.0431. The lowest BCUT2D eigenvalue weighted by molar-refractivity contribution is -0.0640. The molecule has 0 saturated heterocycles. The molecule has 0 bridgehead atoms. The van der Waals surface area contributed by atoms with E-state index in [0.717, 1.165) is 26.0 Å². The Hall–Kier alpha value is -0.870. The number of aryl methyl sites for hydroxylation is 1. The van der Waals surface area contributed by atoms with E-state index in [1.807, 2.05) is 17.9 Å². The molecule has 0 aliphatic heterocycles. The summed E-state index contributed by atoms with van der Waals surface area (Å²) in [4.78, 5) is 0. The van der Waals surface area contributed by atoms with E-state index in [4.69, 9.17) is 4.74 Å². The first-order valence-electron chi connectivity index (χ1n) is 7.08. The molecule has 1 aromatic heterocycles. The number of hydrogen-bond donors (Lipinski definition) is 1. The second kappa shape index (κ2) is 5.85. The molecule has 0 radical (unpaired) electrons. The third-order valence-corrected chi connectivity index (χ3v) is 3.97. The van der Waals surface area contributed by atoms with E-state index >= 15 is 0 Å². The van der Waals surface area contributed by atoms with E-state index in [1.54, 1.807) is 0 Å². The number of ether oxygens (including phenoxy) is 1. The van der Waals surface area contributed by atoms with Crippen LogP contribution in [0.25, 0.3) is 0 Å². The highest BCUT2D eigenvalue weighted by atomic mass is 16.5. The fraction of sp³-hybridized carbons (Fsp3) is 0.786. The molecule has 1 atom stereocenters. The second-order valence-electron chi connectivity index (χ2n) is 5.08. The molecular formula is C14H25N3O. The van der Waals surface area contributed by atoms with Crippen LogP contribution < -0.4 is 5.32 Å². The lowest BCUT2D eigenvalue weighted by atomic mass is 9.89. The van der Waals surface area contributed by atoms with Gasteiger partial charge in [0.25, 0.3) is 0 Å². The Kier molecular flexibility index (Phi) is 4.40. The average Bonchev–Trinajstić information content (AvgIpc) is 2.97. The summed E-state index contributed by atoms with van der Waals surface area (Å²) in [7, 11) is 2.01. The Morgan fingerprint density at radius 2 is 2.17 bits per heavy atom. The van der Waals surface area contributed by atoms with Gasteiger partial charge in [-0.3, -0.25) is 4.68 Å². The fourth-order valence-corrected chi connectivity index (χ4v) is 3.21. The maximum Gasteiger partial charge on any atom is 0.0891 e. The van der Waals surface area contributed by atoms with Gasteiger partial charge in [0, 0.05) is 19.9 Å². The summed E-state index contributed by atoms with van der Waals surface area (Å²) in [5.74, 6) is 0. The lowest BCUT2D eigenvalue weighted by Crippen LogP contribution is -2.45. The van der Waals surface area contributed by atoms with Crippen molar-refractivity contribution in [2.24, 2.45) is 7.05 Å². The molecule has 1 heterocycles. The van der Waals surface area contributed by atoms with Gasteiger partial charge in [-0.05, 0) is 32.4 Å². The van der Waals surface area contributed by atoms with E-state index in [1.165, 1.54) is 18.5 Å². The van der Waals surface area contributed by atoms with E-state index in [-0.39, 0.29) is 11.6 Å². The van der Waals surface area contributed by atoms with Crippen LogP contribution in [0.5, 0.6) is 0 Å². The summed E-state index contributed by atoms with van der Waals surface area (Å²) in [5, 5.41) is 7.91. The number of nitrogens with zero attached hydrogens (tertiary/aromatic N) is 2. The van der Waals surface area contributed by atoms with Gasteiger partial charge >= 0.3 is 0 Å². The molecule has 4 nitrogen and oxygen atoms in total. The first-order chi connectivity index (χ1) is 8.73. The van der Waals surface area contributed by atoms with Crippen LogP contribution in [0.2, 0.25) is 0 Å². The second-order valence-corrected chi connectivity index (χ2v) is 5.08. The van der Waals surface area contributed by atoms with Crippen LogP contribution in [0.4, 0.5) is 0 Å². The molecule has 1 unspecified atom stereocenters. The number of nitrogens with one attached hydrogen (secondary N) is 1. The van der Waals surface area contributed by atoms with Crippen molar-refractivity contribution < 1.29 is 4.74 Å². The summed E-state index contributed by atoms with van der Waals surface area (Å²) in [6.45, 7) is 5.97. The minimum Gasteiger partial charge on any atom is -0.373 e. The quantitative estimate of drug-likeness (QED) is 0.844. The van der Waals surface area contributed by atoms with Crippen LogP contribution in [-0.4, -0.2) is 28.5 Å². The zero-order valence-electron chi connectivity index (χ0n) is 11.8. The van der Waals surface area contributed by atoms with E-state index in [9.17, 15) is 0 Å². The molecule has 1 fully saturated rings. The molecule has 1 aliphatic carbocycles. The Morgan fingerprint density at radius 3 is 2.67 bits per heavy atom. The molecule has 1 saturated carbocycles. The molecule has 0 spiro atoms. The van der Waals surface area contributed by atoms with Crippen molar-refractivity contribution in [1.82, 2.24) is 15.1 Å². The van der Waals surface area contributed by atoms with Gasteiger partial charge < -0.3 is 10.1 Å². The Morgan fingerprint density at radius 1 is 1.44 bits per heavy atom. The van der Waals surface area contributed by atoms with Crippen LogP contribution in [0.1, 0.15) is 51.3 Å². The minimum absolute atomic E-state index is 0.0431. The van der Waals surface area contributed by atoms with Gasteiger partial charge in [0.15, 0.2) is 0 Å². The largest absolute Gasteiger partial charge is 0.373 e. The average molecular weight is 251 g/mol. The maximum absolute atomic E-state index is 6.18. The van der Waals surface area contributed by atoms with Gasteiger partial charge in [0.05, 0.1) is 17.3 Å². The summed E-state index contributed by atoms with van der Waals surface area (Å²) >= 11 is 0. The van der Waals surface area contributed by atoms with Gasteiger partial charge in [0.2, 0.25) is 0 Å². The molecule has 1 aliphatic rings. The first-order valence-corrected chi connectivity index (χ1v) is 7.08. The van der Waals surface area contributed by atoms with Gasteiger partial charge in [-0.25, -0.2) is 0 Å². The van der Waals surface area contributed by atoms with Crippen LogP contribution in [0.15, 0.2) is 12.3 Å². The Labute approximate surface area is 110 Å². The van der Waals surface area contributed by atoms with Crippen molar-refractivity contribution in [3.63, 3.8) is 0 Å². The van der Waals surface area contributed by atoms with Crippen molar-refractivity contribution >= 4 is 0 Å². The fourth-order valence-electron chi connectivity index (χ4n) is 3.21. The van der Waals surface area contributed by atoms with Gasteiger partial charge in [0.1, 0.15) is 0 Å². The highest BCUT2D eigenvalue weighted by Crippen LogP contribution is 2.42. The van der Waals surface area contributed by atoms with Crippen LogP contribution in [0.3, 0.4) is 0 Å². The SMILES string of the molecule is CCNC(c1ccnn1C)C1(OCC)CCCC1. The third kappa shape index (κ3) is 2.45. The molecule has 4 heteroatoms. The first kappa shape index (κ1) is 13.6. The molecule has 102 valence electrons. The highest BCUT2D eigenvalue weighted by molar-refractivity contribution is 5.14. The van der Waals surface area contributed by atoms with Gasteiger partial charge in [-0.15, -0.1) is 0 Å². The lowest BCUT2D eigenvalue weighted by Gasteiger charge is -2.38. The molecule has 0 amide bonds. The zero-order valence-corrected chi connectivity index (χ0v) is 11.8. The summed E-state index contributed by atoms with van der Waals surface area (Å²) in [6, 6.07) is 2.35. The predicted octanol–water partition coefficient (Wildman–Crippen LogP) is 2.42. The van der Waals surface area contributed by atoms with E-state index < -0.39 is 0 Å². The summed E-state index contributed by atoms with van der Waals surface area (Å²) < 4.78 is 8.15. The number of hydrogen-bond acceptors (Lipinski definition) is 3. The van der Waals surface area contributed by atoms with Gasteiger partial charge in [-0.2, -0.15) is 5.10 Å². The van der Waals surface area contributed by atoms with E-state index in [2.05, 4.69) is 30.3 Å². The van der Waals surface area contributed by atoms with Crippen LogP contribution >= 0.6 is 0 Å². The van der Waals surface area contributed by atoms with Crippen molar-refractivity contribution in [2.75, 3.05) is 13.2 Å². The zero-order chi connectivity index (χ0) is 13.0.